The van der Waals surface area contributed by atoms with Gasteiger partial charge in [0.2, 0.25) is 0 Å². The smallest absolute Gasteiger partial charge is 0.170 e. The van der Waals surface area contributed by atoms with Gasteiger partial charge in [-0.05, 0) is 36.8 Å². The lowest BCUT2D eigenvalue weighted by Crippen LogP contribution is -2.19. The number of hydrogen-bond acceptors (Lipinski definition) is 2. The number of rotatable bonds is 2. The van der Waals surface area contributed by atoms with Crippen LogP contribution >= 0.6 is 23.2 Å². The normalized spacial score (nSPS) is 28.9. The second-order valence-corrected chi connectivity index (χ2v) is 5.88. The summed E-state index contributed by atoms with van der Waals surface area (Å²) < 4.78 is 0. The predicted octanol–water partition coefficient (Wildman–Crippen LogP) is 4.09. The van der Waals surface area contributed by atoms with Gasteiger partial charge in [0, 0.05) is 10.9 Å². The van der Waals surface area contributed by atoms with Crippen molar-refractivity contribution in [3.05, 3.63) is 39.9 Å². The number of hydrogen-bond donors (Lipinski definition) is 1. The molecule has 1 aromatic carbocycles. The molecule has 1 aromatic rings. The molecule has 2 nitrogen and oxygen atoms in total. The average Bonchev–Trinajstić information content (AvgIpc) is 2.94. The fraction of sp³-hybridized carbons (Fsp3) is 0.357. The van der Waals surface area contributed by atoms with Gasteiger partial charge in [0.15, 0.2) is 5.78 Å². The molecule has 0 spiro atoms. The highest BCUT2D eigenvalue weighted by atomic mass is 35.5. The molecule has 94 valence electrons. The molecule has 1 saturated carbocycles. The number of Topliss-reactive ketones (excluding diaryl/α,β-unsaturated/α-hetero) is 1. The molecule has 2 aliphatic carbocycles. The van der Waals surface area contributed by atoms with Crippen molar-refractivity contribution in [3.8, 4) is 5.75 Å². The number of carbonyl (C=O) groups excluding carboxylic acids is 1. The van der Waals surface area contributed by atoms with Crippen LogP contribution in [0.15, 0.2) is 24.3 Å². The molecule has 0 heterocycles. The van der Waals surface area contributed by atoms with Crippen LogP contribution in [0.2, 0.25) is 10.0 Å². The van der Waals surface area contributed by atoms with Crippen LogP contribution in [0.3, 0.4) is 0 Å². The van der Waals surface area contributed by atoms with Crippen LogP contribution in [0, 0.1) is 17.8 Å². The van der Waals surface area contributed by atoms with Gasteiger partial charge in [-0.1, -0.05) is 35.4 Å². The molecule has 0 aromatic heterocycles. The fourth-order valence-electron chi connectivity index (χ4n) is 3.04. The highest BCUT2D eigenvalue weighted by Crippen LogP contribution is 2.46. The van der Waals surface area contributed by atoms with E-state index >= 15 is 0 Å². The summed E-state index contributed by atoms with van der Waals surface area (Å²) in [6.45, 7) is 0. The van der Waals surface area contributed by atoms with Gasteiger partial charge in [0.25, 0.3) is 0 Å². The molecular formula is C14H12Cl2O2. The Morgan fingerprint density at radius 2 is 2.00 bits per heavy atom. The zero-order valence-electron chi connectivity index (χ0n) is 9.57. The van der Waals surface area contributed by atoms with Crippen LogP contribution in [0.25, 0.3) is 0 Å². The molecule has 0 aliphatic heterocycles. The van der Waals surface area contributed by atoms with Crippen LogP contribution in [0.1, 0.15) is 23.2 Å². The molecule has 0 saturated heterocycles. The molecular weight excluding hydrogens is 271 g/mol. The van der Waals surface area contributed by atoms with Crippen molar-refractivity contribution in [1.82, 2.24) is 0 Å². The number of aromatic hydroxyl groups is 1. The monoisotopic (exact) mass is 282 g/mol. The van der Waals surface area contributed by atoms with Gasteiger partial charge in [0.1, 0.15) is 5.75 Å². The van der Waals surface area contributed by atoms with Crippen LogP contribution < -0.4 is 0 Å². The number of allylic oxidation sites excluding steroid dienone is 2. The molecule has 4 heteroatoms. The van der Waals surface area contributed by atoms with Crippen molar-refractivity contribution in [3.63, 3.8) is 0 Å². The summed E-state index contributed by atoms with van der Waals surface area (Å²) in [5.74, 6) is 0.576. The van der Waals surface area contributed by atoms with Gasteiger partial charge in [-0.3, -0.25) is 4.79 Å². The van der Waals surface area contributed by atoms with Crippen LogP contribution in [-0.2, 0) is 0 Å². The number of phenols is 1. The number of carbonyl (C=O) groups is 1. The van der Waals surface area contributed by atoms with Crippen molar-refractivity contribution in [2.45, 2.75) is 12.8 Å². The molecule has 3 unspecified atom stereocenters. The van der Waals surface area contributed by atoms with Gasteiger partial charge in [0.05, 0.1) is 10.6 Å². The fourth-order valence-corrected chi connectivity index (χ4v) is 3.53. The number of benzene rings is 1. The Morgan fingerprint density at radius 1 is 1.22 bits per heavy atom. The van der Waals surface area contributed by atoms with E-state index in [2.05, 4.69) is 12.2 Å². The van der Waals surface area contributed by atoms with E-state index in [1.165, 1.54) is 12.1 Å². The van der Waals surface area contributed by atoms with Crippen molar-refractivity contribution < 1.29 is 9.90 Å². The number of ketones is 1. The summed E-state index contributed by atoms with van der Waals surface area (Å²) in [5, 5.41) is 10.4. The third-order valence-corrected chi connectivity index (χ3v) is 4.42. The summed E-state index contributed by atoms with van der Waals surface area (Å²) in [7, 11) is 0. The highest BCUT2D eigenvalue weighted by molar-refractivity contribution is 6.36. The summed E-state index contributed by atoms with van der Waals surface area (Å²) in [5.41, 5.74) is 0.249. The first-order chi connectivity index (χ1) is 8.56. The topological polar surface area (TPSA) is 37.3 Å². The first-order valence-corrected chi connectivity index (χ1v) is 6.72. The summed E-state index contributed by atoms with van der Waals surface area (Å²) >= 11 is 11.7. The number of halogens is 2. The van der Waals surface area contributed by atoms with E-state index in [0.29, 0.717) is 16.9 Å². The van der Waals surface area contributed by atoms with Crippen LogP contribution in [0.5, 0.6) is 5.75 Å². The highest BCUT2D eigenvalue weighted by Gasteiger charge is 2.40. The third kappa shape index (κ3) is 1.84. The van der Waals surface area contributed by atoms with Crippen molar-refractivity contribution >= 4 is 29.0 Å². The molecule has 2 bridgehead atoms. The molecule has 0 amide bonds. The van der Waals surface area contributed by atoms with Gasteiger partial charge in [-0.15, -0.1) is 0 Å². The van der Waals surface area contributed by atoms with Crippen molar-refractivity contribution in [2.24, 2.45) is 17.8 Å². The molecule has 18 heavy (non-hydrogen) atoms. The van der Waals surface area contributed by atoms with E-state index in [1.807, 2.05) is 0 Å². The van der Waals surface area contributed by atoms with Gasteiger partial charge in [-0.25, -0.2) is 0 Å². The van der Waals surface area contributed by atoms with E-state index in [4.69, 9.17) is 23.2 Å². The minimum Gasteiger partial charge on any atom is -0.506 e. The Balaban J connectivity index is 1.96. The maximum absolute atomic E-state index is 12.5. The largest absolute Gasteiger partial charge is 0.506 e. The first-order valence-electron chi connectivity index (χ1n) is 5.97. The summed E-state index contributed by atoms with van der Waals surface area (Å²) in [6.07, 6.45) is 6.20. The second-order valence-electron chi connectivity index (χ2n) is 5.03. The molecule has 1 fully saturated rings. The minimum atomic E-state index is -0.155. The van der Waals surface area contributed by atoms with Crippen LogP contribution in [0.4, 0.5) is 0 Å². The van der Waals surface area contributed by atoms with Crippen LogP contribution in [-0.4, -0.2) is 10.9 Å². The molecule has 2 aliphatic rings. The quantitative estimate of drug-likeness (QED) is 0.655. The van der Waals surface area contributed by atoms with Gasteiger partial charge in [-0.2, -0.15) is 0 Å². The Labute approximate surface area is 115 Å². The third-order valence-electron chi connectivity index (χ3n) is 3.91. The second kappa shape index (κ2) is 4.29. The predicted molar refractivity (Wildman–Crippen MR) is 71.3 cm³/mol. The van der Waals surface area contributed by atoms with Gasteiger partial charge >= 0.3 is 0 Å². The maximum Gasteiger partial charge on any atom is 0.170 e. The van der Waals surface area contributed by atoms with Gasteiger partial charge < -0.3 is 5.11 Å². The lowest BCUT2D eigenvalue weighted by atomic mass is 9.86. The van der Waals surface area contributed by atoms with Crippen molar-refractivity contribution in [2.75, 3.05) is 0 Å². The van der Waals surface area contributed by atoms with E-state index in [9.17, 15) is 9.90 Å². The SMILES string of the molecule is O=C(c1cc(Cl)cc(Cl)c1O)C1CC2C=CC1C2. The lowest BCUT2D eigenvalue weighted by molar-refractivity contribution is 0.0898. The van der Waals surface area contributed by atoms with Crippen molar-refractivity contribution in [1.29, 1.82) is 0 Å². The minimum absolute atomic E-state index is 0.0413. The summed E-state index contributed by atoms with van der Waals surface area (Å²) in [4.78, 5) is 12.5. The Kier molecular flexibility index (Phi) is 2.87. The number of fused-ring (bicyclic) bond motifs is 2. The Morgan fingerprint density at radius 3 is 2.61 bits per heavy atom. The van der Waals surface area contributed by atoms with E-state index in [0.717, 1.165) is 12.8 Å². The van der Waals surface area contributed by atoms with E-state index in [-0.39, 0.29) is 28.0 Å². The van der Waals surface area contributed by atoms with E-state index in [1.54, 1.807) is 0 Å². The standard InChI is InChI=1S/C14H12Cl2O2/c15-9-5-11(14(18)12(16)6-9)13(17)10-4-7-1-2-8(10)3-7/h1-2,5-8,10,18H,3-4H2. The maximum atomic E-state index is 12.5. The molecule has 3 rings (SSSR count). The zero-order chi connectivity index (χ0) is 12.9. The Bertz CT molecular complexity index is 551. The molecule has 3 atom stereocenters. The first kappa shape index (κ1) is 12.1. The molecule has 0 radical (unpaired) electrons. The average molecular weight is 283 g/mol. The zero-order valence-corrected chi connectivity index (χ0v) is 11.1. The lowest BCUT2D eigenvalue weighted by Gasteiger charge is -2.17. The van der Waals surface area contributed by atoms with E-state index < -0.39 is 0 Å². The summed E-state index contributed by atoms with van der Waals surface area (Å²) in [6, 6.07) is 2.94. The molecule has 1 N–H and O–H groups in total. The number of phenolic OH excluding ortho intramolecular Hbond substituents is 1. The Hall–Kier alpha value is -0.990.